The first-order valence-corrected chi connectivity index (χ1v) is 7.22. The van der Waals surface area contributed by atoms with Crippen LogP contribution in [-0.2, 0) is 0 Å². The lowest BCUT2D eigenvalue weighted by Gasteiger charge is -2.07. The van der Waals surface area contributed by atoms with Gasteiger partial charge >= 0.3 is 0 Å². The van der Waals surface area contributed by atoms with E-state index in [1.807, 2.05) is 42.5 Å². The van der Waals surface area contributed by atoms with Crippen LogP contribution in [0.4, 0.5) is 5.69 Å². The average Bonchev–Trinajstić information content (AvgIpc) is 3.05. The molecule has 104 valence electrons. The Morgan fingerprint density at radius 1 is 1.00 bits per heavy atom. The molecule has 5 heteroatoms. The maximum Gasteiger partial charge on any atom is 0.267 e. The molecule has 1 amide bonds. The number of anilines is 1. The number of para-hydroxylation sites is 1. The Kier molecular flexibility index (Phi) is 3.93. The third kappa shape index (κ3) is 3.46. The molecule has 0 atom stereocenters. The minimum absolute atomic E-state index is 0.158. The van der Waals surface area contributed by atoms with E-state index < -0.39 is 0 Å². The number of amides is 1. The summed E-state index contributed by atoms with van der Waals surface area (Å²) in [5.41, 5.74) is 2.35. The average molecular weight is 296 g/mol. The van der Waals surface area contributed by atoms with Gasteiger partial charge in [0.25, 0.3) is 5.91 Å². The Morgan fingerprint density at radius 2 is 1.71 bits per heavy atom. The minimum Gasteiger partial charge on any atom is -0.457 e. The van der Waals surface area contributed by atoms with E-state index in [0.29, 0.717) is 10.6 Å². The van der Waals surface area contributed by atoms with Crippen LogP contribution in [0.1, 0.15) is 9.67 Å². The molecule has 4 nitrogen and oxygen atoms in total. The lowest BCUT2D eigenvalue weighted by Crippen LogP contribution is -2.09. The number of thiazole rings is 1. The first-order valence-electron chi connectivity index (χ1n) is 6.34. The van der Waals surface area contributed by atoms with E-state index in [-0.39, 0.29) is 5.91 Å². The molecule has 3 aromatic rings. The molecule has 21 heavy (non-hydrogen) atoms. The molecular weight excluding hydrogens is 284 g/mol. The van der Waals surface area contributed by atoms with Gasteiger partial charge in [0.1, 0.15) is 16.4 Å². The largest absolute Gasteiger partial charge is 0.457 e. The number of carbonyl (C=O) groups is 1. The number of carbonyl (C=O) groups excluding carboxylic acids is 1. The maximum atomic E-state index is 11.9. The zero-order valence-corrected chi connectivity index (χ0v) is 11.8. The second kappa shape index (κ2) is 6.19. The molecule has 0 aliphatic carbocycles. The zero-order valence-electron chi connectivity index (χ0n) is 11.0. The molecule has 0 aliphatic heterocycles. The number of nitrogens with zero attached hydrogens (tertiary/aromatic N) is 1. The van der Waals surface area contributed by atoms with Gasteiger partial charge in [-0.15, -0.1) is 11.3 Å². The van der Waals surface area contributed by atoms with Crippen LogP contribution < -0.4 is 10.1 Å². The third-order valence-electron chi connectivity index (χ3n) is 2.75. The maximum absolute atomic E-state index is 11.9. The van der Waals surface area contributed by atoms with Crippen molar-refractivity contribution in [1.29, 1.82) is 0 Å². The predicted molar refractivity (Wildman–Crippen MR) is 83.0 cm³/mol. The van der Waals surface area contributed by atoms with Gasteiger partial charge in [0.15, 0.2) is 0 Å². The molecule has 0 aliphatic rings. The predicted octanol–water partition coefficient (Wildman–Crippen LogP) is 4.19. The summed E-state index contributed by atoms with van der Waals surface area (Å²) in [7, 11) is 0. The van der Waals surface area contributed by atoms with Crippen molar-refractivity contribution in [3.63, 3.8) is 0 Å². The molecule has 1 aromatic heterocycles. The van der Waals surface area contributed by atoms with Crippen LogP contribution in [-0.4, -0.2) is 10.9 Å². The van der Waals surface area contributed by atoms with E-state index in [0.717, 1.165) is 11.5 Å². The highest BCUT2D eigenvalue weighted by molar-refractivity contribution is 7.11. The lowest BCUT2D eigenvalue weighted by molar-refractivity contribution is 0.103. The first kappa shape index (κ1) is 13.3. The Labute approximate surface area is 126 Å². The highest BCUT2D eigenvalue weighted by Gasteiger charge is 2.07. The van der Waals surface area contributed by atoms with Gasteiger partial charge < -0.3 is 10.1 Å². The van der Waals surface area contributed by atoms with Crippen molar-refractivity contribution in [2.24, 2.45) is 0 Å². The molecule has 2 aromatic carbocycles. The van der Waals surface area contributed by atoms with E-state index in [4.69, 9.17) is 4.74 Å². The van der Waals surface area contributed by atoms with Crippen LogP contribution in [0.2, 0.25) is 0 Å². The molecule has 3 rings (SSSR count). The van der Waals surface area contributed by atoms with Gasteiger partial charge in [-0.3, -0.25) is 9.78 Å². The van der Waals surface area contributed by atoms with Crippen LogP contribution in [0.5, 0.6) is 11.5 Å². The normalized spacial score (nSPS) is 10.1. The summed E-state index contributed by atoms with van der Waals surface area (Å²) in [6, 6.07) is 16.8. The Morgan fingerprint density at radius 3 is 2.38 bits per heavy atom. The SMILES string of the molecule is O=C(Nc1ccc(Oc2ccccc2)cc1)c1cncs1. The lowest BCUT2D eigenvalue weighted by atomic mass is 10.3. The summed E-state index contributed by atoms with van der Waals surface area (Å²) in [5, 5.41) is 2.81. The molecule has 0 saturated heterocycles. The number of hydrogen-bond donors (Lipinski definition) is 1. The van der Waals surface area contributed by atoms with Gasteiger partial charge in [0.2, 0.25) is 0 Å². The second-order valence-electron chi connectivity index (χ2n) is 4.26. The minimum atomic E-state index is -0.158. The fourth-order valence-electron chi connectivity index (χ4n) is 1.75. The van der Waals surface area contributed by atoms with Crippen molar-refractivity contribution in [3.8, 4) is 11.5 Å². The third-order valence-corrected chi connectivity index (χ3v) is 3.52. The second-order valence-corrected chi connectivity index (χ2v) is 5.15. The molecule has 0 fully saturated rings. The van der Waals surface area contributed by atoms with Crippen molar-refractivity contribution in [3.05, 3.63) is 71.2 Å². The quantitative estimate of drug-likeness (QED) is 0.785. The van der Waals surface area contributed by atoms with Gasteiger partial charge in [-0.2, -0.15) is 0 Å². The van der Waals surface area contributed by atoms with Crippen molar-refractivity contribution in [1.82, 2.24) is 4.98 Å². The van der Waals surface area contributed by atoms with Crippen LogP contribution in [0, 0.1) is 0 Å². The monoisotopic (exact) mass is 296 g/mol. The van der Waals surface area contributed by atoms with Crippen LogP contribution in [0.3, 0.4) is 0 Å². The van der Waals surface area contributed by atoms with Crippen molar-refractivity contribution in [2.75, 3.05) is 5.32 Å². The summed E-state index contributed by atoms with van der Waals surface area (Å²) < 4.78 is 5.69. The zero-order chi connectivity index (χ0) is 14.5. The molecule has 0 bridgehead atoms. The summed E-state index contributed by atoms with van der Waals surface area (Å²) in [6.45, 7) is 0. The van der Waals surface area contributed by atoms with E-state index >= 15 is 0 Å². The molecule has 0 unspecified atom stereocenters. The number of nitrogens with one attached hydrogen (secondary N) is 1. The molecule has 1 heterocycles. The van der Waals surface area contributed by atoms with E-state index in [1.165, 1.54) is 11.3 Å². The Bertz CT molecular complexity index is 710. The van der Waals surface area contributed by atoms with Crippen molar-refractivity contribution >= 4 is 22.9 Å². The fourth-order valence-corrected chi connectivity index (χ4v) is 2.27. The van der Waals surface area contributed by atoms with Crippen molar-refractivity contribution in [2.45, 2.75) is 0 Å². The molecule has 0 spiro atoms. The summed E-state index contributed by atoms with van der Waals surface area (Å²) in [6.07, 6.45) is 1.55. The first-order chi connectivity index (χ1) is 10.3. The number of ether oxygens (including phenoxy) is 1. The molecule has 0 saturated carbocycles. The van der Waals surface area contributed by atoms with Gasteiger partial charge in [0, 0.05) is 5.69 Å². The molecule has 1 N–H and O–H groups in total. The smallest absolute Gasteiger partial charge is 0.267 e. The van der Waals surface area contributed by atoms with E-state index in [2.05, 4.69) is 10.3 Å². The summed E-state index contributed by atoms with van der Waals surface area (Å²) in [5.74, 6) is 1.34. The highest BCUT2D eigenvalue weighted by Crippen LogP contribution is 2.23. The summed E-state index contributed by atoms with van der Waals surface area (Å²) in [4.78, 5) is 16.3. The van der Waals surface area contributed by atoms with Gasteiger partial charge in [0.05, 0.1) is 11.7 Å². The number of rotatable bonds is 4. The number of aromatic nitrogens is 1. The van der Waals surface area contributed by atoms with E-state index in [1.54, 1.807) is 23.8 Å². The molecular formula is C16H12N2O2S. The summed E-state index contributed by atoms with van der Waals surface area (Å²) >= 11 is 1.31. The fraction of sp³-hybridized carbons (Fsp3) is 0. The van der Waals surface area contributed by atoms with Crippen LogP contribution in [0.25, 0.3) is 0 Å². The highest BCUT2D eigenvalue weighted by atomic mass is 32.1. The standard InChI is InChI=1S/C16H12N2O2S/c19-16(15-10-17-11-21-15)18-12-6-8-14(9-7-12)20-13-4-2-1-3-5-13/h1-11H,(H,18,19). The number of benzene rings is 2. The number of hydrogen-bond acceptors (Lipinski definition) is 4. The topological polar surface area (TPSA) is 51.2 Å². The van der Waals surface area contributed by atoms with Gasteiger partial charge in [-0.25, -0.2) is 0 Å². The van der Waals surface area contributed by atoms with Crippen LogP contribution in [0.15, 0.2) is 66.3 Å². The van der Waals surface area contributed by atoms with Crippen LogP contribution >= 0.6 is 11.3 Å². The Balaban J connectivity index is 1.65. The van der Waals surface area contributed by atoms with Gasteiger partial charge in [-0.05, 0) is 36.4 Å². The van der Waals surface area contributed by atoms with Gasteiger partial charge in [-0.1, -0.05) is 18.2 Å². The van der Waals surface area contributed by atoms with E-state index in [9.17, 15) is 4.79 Å². The Hall–Kier alpha value is -2.66. The molecule has 0 radical (unpaired) electrons. The van der Waals surface area contributed by atoms with Crippen molar-refractivity contribution < 1.29 is 9.53 Å².